The van der Waals surface area contributed by atoms with Gasteiger partial charge in [0.15, 0.2) is 5.79 Å². The summed E-state index contributed by atoms with van der Waals surface area (Å²) >= 11 is 0. The maximum Gasteiger partial charge on any atom is 0.305 e. The van der Waals surface area contributed by atoms with E-state index >= 15 is 0 Å². The molecule has 1 saturated heterocycles. The summed E-state index contributed by atoms with van der Waals surface area (Å²) in [7, 11) is 1.43. The molecule has 1 aliphatic heterocycles. The number of aliphatic hydroxyl groups is 2. The molecule has 230 valence electrons. The Hall–Kier alpha value is -2.51. The van der Waals surface area contributed by atoms with Crippen LogP contribution in [-0.2, 0) is 24.4 Å². The molecule has 2 fully saturated rings. The predicted octanol–water partition coefficient (Wildman–Crippen LogP) is 6.72. The minimum absolute atomic E-state index is 0.0447. The number of benzene rings is 2. The molecule has 1 saturated carbocycles. The Morgan fingerprint density at radius 2 is 1.57 bits per heavy atom. The topological polar surface area (TPSA) is 85.2 Å². The van der Waals surface area contributed by atoms with Gasteiger partial charge in [0.25, 0.3) is 0 Å². The monoisotopic (exact) mass is 578 g/mol. The van der Waals surface area contributed by atoms with Gasteiger partial charge in [0.1, 0.15) is 0 Å². The van der Waals surface area contributed by atoms with Gasteiger partial charge < -0.3 is 24.4 Å². The highest BCUT2D eigenvalue weighted by Gasteiger charge is 2.58. The zero-order valence-electron chi connectivity index (χ0n) is 25.5. The van der Waals surface area contributed by atoms with Crippen molar-refractivity contribution < 1.29 is 29.2 Å². The second kappa shape index (κ2) is 15.8. The first-order valence-electron chi connectivity index (χ1n) is 15.9. The van der Waals surface area contributed by atoms with Gasteiger partial charge in [-0.1, -0.05) is 118 Å². The molecule has 1 aliphatic carbocycles. The molecule has 6 nitrogen and oxygen atoms in total. The van der Waals surface area contributed by atoms with Crippen LogP contribution in [-0.4, -0.2) is 54.5 Å². The van der Waals surface area contributed by atoms with Crippen LogP contribution in [0.5, 0.6) is 0 Å². The van der Waals surface area contributed by atoms with Crippen LogP contribution in [0.15, 0.2) is 72.8 Å². The molecular formula is C36H50O6. The molecule has 0 radical (unpaired) electrons. The third-order valence-electron chi connectivity index (χ3n) is 9.28. The van der Waals surface area contributed by atoms with E-state index in [0.717, 1.165) is 68.9 Å². The molecule has 2 N–H and O–H groups in total. The van der Waals surface area contributed by atoms with Gasteiger partial charge >= 0.3 is 5.97 Å². The summed E-state index contributed by atoms with van der Waals surface area (Å²) in [6, 6.07) is 20.8. The molecule has 0 unspecified atom stereocenters. The molecular weight excluding hydrogens is 528 g/mol. The lowest BCUT2D eigenvalue weighted by Gasteiger charge is -2.48. The van der Waals surface area contributed by atoms with Crippen LogP contribution in [0.2, 0.25) is 0 Å². The maximum atomic E-state index is 11.5. The number of hydrogen-bond donors (Lipinski definition) is 2. The minimum atomic E-state index is -0.888. The summed E-state index contributed by atoms with van der Waals surface area (Å²) in [4.78, 5) is 11.5. The van der Waals surface area contributed by atoms with Crippen molar-refractivity contribution in [3.8, 4) is 0 Å². The number of ether oxygens (including phenoxy) is 3. The van der Waals surface area contributed by atoms with Gasteiger partial charge in [-0.15, -0.1) is 0 Å². The molecule has 0 aromatic heterocycles. The molecule has 6 heteroatoms. The molecule has 1 spiro atoms. The Morgan fingerprint density at radius 3 is 2.17 bits per heavy atom. The van der Waals surface area contributed by atoms with E-state index in [9.17, 15) is 15.0 Å². The largest absolute Gasteiger partial charge is 0.469 e. The smallest absolute Gasteiger partial charge is 0.305 e. The van der Waals surface area contributed by atoms with Gasteiger partial charge in [-0.05, 0) is 30.4 Å². The van der Waals surface area contributed by atoms with Crippen molar-refractivity contribution in [3.63, 3.8) is 0 Å². The number of carbonyl (C=O) groups excluding carboxylic acids is 1. The maximum absolute atomic E-state index is 11.5. The number of esters is 1. The number of hydrogen-bond acceptors (Lipinski definition) is 6. The molecule has 0 amide bonds. The second-order valence-electron chi connectivity index (χ2n) is 12.1. The van der Waals surface area contributed by atoms with E-state index in [2.05, 4.69) is 55.5 Å². The second-order valence-corrected chi connectivity index (χ2v) is 12.1. The first-order valence-corrected chi connectivity index (χ1v) is 15.9. The van der Waals surface area contributed by atoms with Gasteiger partial charge in [0.05, 0.1) is 37.9 Å². The molecule has 4 rings (SSSR count). The summed E-state index contributed by atoms with van der Waals surface area (Å²) in [5, 5.41) is 22.0. The molecule has 0 bridgehead atoms. The van der Waals surface area contributed by atoms with Crippen LogP contribution in [0.4, 0.5) is 0 Å². The highest BCUT2D eigenvalue weighted by Crippen LogP contribution is 2.52. The van der Waals surface area contributed by atoms with Gasteiger partial charge in [-0.2, -0.15) is 0 Å². The highest BCUT2D eigenvalue weighted by molar-refractivity contribution is 5.68. The summed E-state index contributed by atoms with van der Waals surface area (Å²) in [6.45, 7) is 3.07. The number of unbranched alkanes of at least 4 members (excludes halogenated alkanes) is 5. The first kappa shape index (κ1) is 32.4. The molecule has 1 heterocycles. The van der Waals surface area contributed by atoms with Crippen LogP contribution in [0.1, 0.15) is 88.7 Å². The summed E-state index contributed by atoms with van der Waals surface area (Å²) < 4.78 is 18.4. The van der Waals surface area contributed by atoms with Crippen LogP contribution in [0, 0.1) is 11.8 Å². The lowest BCUT2D eigenvalue weighted by atomic mass is 9.74. The SMILES string of the molecule is CCCCC[C@H](O)C=C[C@H]1[C@H](O)CC2(OCC(c3ccccc3)(c3ccccc3)CO2)[C@@H]1CCCCCCC(=O)OC. The van der Waals surface area contributed by atoms with E-state index in [1.807, 2.05) is 24.3 Å². The summed E-state index contributed by atoms with van der Waals surface area (Å²) in [6.07, 6.45) is 12.0. The van der Waals surface area contributed by atoms with Crippen molar-refractivity contribution in [2.24, 2.45) is 11.8 Å². The van der Waals surface area contributed by atoms with Gasteiger partial charge in [-0.25, -0.2) is 0 Å². The Balaban J connectivity index is 1.52. The van der Waals surface area contributed by atoms with Crippen molar-refractivity contribution in [1.29, 1.82) is 0 Å². The molecule has 2 aromatic rings. The standard InChI is InChI=1S/C36H50O6/c1-3-4-9-20-30(37)23-24-31-32(21-14-5-6-15-22-34(39)40-2)36(25-33(31)38)41-26-35(27-42-36,28-16-10-7-11-17-28)29-18-12-8-13-19-29/h7-8,10-13,16-19,23-24,30-33,37-38H,3-6,9,14-15,20-22,25-27H2,1-2H3/t30-,31+,32+,33+/m0/s1. The fourth-order valence-electron chi connectivity index (χ4n) is 6.78. The molecule has 4 atom stereocenters. The van der Waals surface area contributed by atoms with E-state index in [0.29, 0.717) is 26.1 Å². The van der Waals surface area contributed by atoms with Crippen molar-refractivity contribution >= 4 is 5.97 Å². The quantitative estimate of drug-likeness (QED) is 0.139. The van der Waals surface area contributed by atoms with Crippen LogP contribution in [0.25, 0.3) is 0 Å². The average Bonchev–Trinajstić information content (AvgIpc) is 3.28. The zero-order valence-corrected chi connectivity index (χ0v) is 25.5. The Labute approximate surface area is 252 Å². The van der Waals surface area contributed by atoms with Gasteiger partial charge in [-0.3, -0.25) is 4.79 Å². The minimum Gasteiger partial charge on any atom is -0.469 e. The average molecular weight is 579 g/mol. The van der Waals surface area contributed by atoms with E-state index in [1.165, 1.54) is 7.11 Å². The van der Waals surface area contributed by atoms with Crippen molar-refractivity contribution in [1.82, 2.24) is 0 Å². The number of methoxy groups -OCH3 is 1. The third-order valence-corrected chi connectivity index (χ3v) is 9.28. The lowest BCUT2D eigenvalue weighted by Crippen LogP contribution is -2.54. The molecule has 2 aromatic carbocycles. The van der Waals surface area contributed by atoms with E-state index < -0.39 is 23.4 Å². The number of rotatable bonds is 15. The fraction of sp³-hybridized carbons (Fsp3) is 0.583. The van der Waals surface area contributed by atoms with Crippen molar-refractivity contribution in [2.75, 3.05) is 20.3 Å². The zero-order chi connectivity index (χ0) is 29.8. The van der Waals surface area contributed by atoms with Crippen molar-refractivity contribution in [2.45, 2.75) is 101 Å². The predicted molar refractivity (Wildman–Crippen MR) is 165 cm³/mol. The van der Waals surface area contributed by atoms with Gasteiger partial charge in [0, 0.05) is 24.7 Å². The Morgan fingerprint density at radius 1 is 0.952 bits per heavy atom. The molecule has 42 heavy (non-hydrogen) atoms. The molecule has 2 aliphatic rings. The fourth-order valence-corrected chi connectivity index (χ4v) is 6.78. The van der Waals surface area contributed by atoms with Gasteiger partial charge in [0.2, 0.25) is 0 Å². The first-order chi connectivity index (χ1) is 20.4. The third kappa shape index (κ3) is 7.90. The number of aliphatic hydroxyl groups excluding tert-OH is 2. The van der Waals surface area contributed by atoms with E-state index in [-0.39, 0.29) is 17.8 Å². The van der Waals surface area contributed by atoms with Crippen LogP contribution >= 0.6 is 0 Å². The lowest BCUT2D eigenvalue weighted by molar-refractivity contribution is -0.304. The normalized spacial score (nSPS) is 23.8. The number of carbonyl (C=O) groups is 1. The highest BCUT2D eigenvalue weighted by atomic mass is 16.7. The summed E-state index contributed by atoms with van der Waals surface area (Å²) in [5.41, 5.74) is 1.86. The van der Waals surface area contributed by atoms with Crippen LogP contribution in [0.3, 0.4) is 0 Å². The summed E-state index contributed by atoms with van der Waals surface area (Å²) in [5.74, 6) is -1.26. The van der Waals surface area contributed by atoms with E-state index in [1.54, 1.807) is 0 Å². The Kier molecular flexibility index (Phi) is 12.2. The van der Waals surface area contributed by atoms with Crippen molar-refractivity contribution in [3.05, 3.63) is 83.9 Å². The Bertz CT molecular complexity index is 1050. The van der Waals surface area contributed by atoms with E-state index in [4.69, 9.17) is 14.2 Å². The van der Waals surface area contributed by atoms with Crippen LogP contribution < -0.4 is 0 Å².